The fourth-order valence-electron chi connectivity index (χ4n) is 2.72. The molecule has 0 saturated carbocycles. The van der Waals surface area contributed by atoms with Crippen LogP contribution in [0, 0.1) is 6.85 Å². The maximum absolute atomic E-state index is 13.1. The summed E-state index contributed by atoms with van der Waals surface area (Å²) in [5.41, 5.74) is 3.87. The second-order valence-electron chi connectivity index (χ2n) is 5.47. The van der Waals surface area contributed by atoms with Gasteiger partial charge in [0.1, 0.15) is 11.4 Å². The van der Waals surface area contributed by atoms with Gasteiger partial charge in [0.05, 0.1) is 10.9 Å². The molecule has 1 atom stereocenters. The highest BCUT2D eigenvalue weighted by Gasteiger charge is 2.42. The molecule has 0 radical (unpaired) electrons. The predicted molar refractivity (Wildman–Crippen MR) is 81.2 cm³/mol. The number of amides is 2. The van der Waals surface area contributed by atoms with E-state index in [1.54, 1.807) is 6.07 Å². The summed E-state index contributed by atoms with van der Waals surface area (Å²) in [5.74, 6) is -1.73. The number of rotatable bonds is 1. The van der Waals surface area contributed by atoms with Gasteiger partial charge in [-0.15, -0.1) is 0 Å². The van der Waals surface area contributed by atoms with Gasteiger partial charge in [-0.25, -0.2) is 4.98 Å². The van der Waals surface area contributed by atoms with Gasteiger partial charge in [0.2, 0.25) is 5.91 Å². The van der Waals surface area contributed by atoms with Crippen LogP contribution in [0.25, 0.3) is 10.9 Å². The van der Waals surface area contributed by atoms with Crippen molar-refractivity contribution in [2.75, 3.05) is 5.73 Å². The van der Waals surface area contributed by atoms with Crippen molar-refractivity contribution in [3.63, 3.8) is 0 Å². The molecule has 2 aromatic rings. The standard InChI is InChI=1S/C15H16N4O3/c1-8-17-10-5-3-4-9(16)12(10)13(21)19(8)15(2)7-6-11(20)18-14(15)22/h3-5H,6-7,16H2,1-2H3,(H,18,20,22)/t15-/m0/s1/i1D3. The summed E-state index contributed by atoms with van der Waals surface area (Å²) in [4.78, 5) is 41.1. The maximum atomic E-state index is 13.1. The van der Waals surface area contributed by atoms with Crippen LogP contribution in [0.15, 0.2) is 23.0 Å². The zero-order valence-electron chi connectivity index (χ0n) is 14.8. The summed E-state index contributed by atoms with van der Waals surface area (Å²) in [6, 6.07) is 4.54. The Balaban J connectivity index is 2.42. The van der Waals surface area contributed by atoms with Gasteiger partial charge in [-0.1, -0.05) is 6.07 Å². The van der Waals surface area contributed by atoms with Gasteiger partial charge in [-0.2, -0.15) is 0 Å². The molecule has 3 rings (SSSR count). The van der Waals surface area contributed by atoms with E-state index in [1.165, 1.54) is 19.1 Å². The van der Waals surface area contributed by atoms with Crippen LogP contribution in [0.1, 0.15) is 29.7 Å². The summed E-state index contributed by atoms with van der Waals surface area (Å²) in [6.45, 7) is -1.32. The van der Waals surface area contributed by atoms with Crippen molar-refractivity contribution in [1.29, 1.82) is 0 Å². The summed E-state index contributed by atoms with van der Waals surface area (Å²) in [5, 5.41) is 2.20. The molecule has 0 bridgehead atoms. The minimum absolute atomic E-state index is 0.0133. The van der Waals surface area contributed by atoms with E-state index in [1.807, 2.05) is 0 Å². The smallest absolute Gasteiger partial charge is 0.264 e. The number of carbonyl (C=O) groups is 2. The van der Waals surface area contributed by atoms with Crippen LogP contribution in [-0.2, 0) is 15.1 Å². The Kier molecular flexibility index (Phi) is 2.32. The number of fused-ring (bicyclic) bond motifs is 1. The highest BCUT2D eigenvalue weighted by atomic mass is 16.2. The van der Waals surface area contributed by atoms with Crippen molar-refractivity contribution in [2.24, 2.45) is 0 Å². The third-order valence-corrected chi connectivity index (χ3v) is 4.00. The molecule has 1 fully saturated rings. The minimum Gasteiger partial charge on any atom is -0.398 e. The van der Waals surface area contributed by atoms with E-state index in [0.29, 0.717) is 0 Å². The lowest BCUT2D eigenvalue weighted by molar-refractivity contribution is -0.140. The van der Waals surface area contributed by atoms with E-state index in [4.69, 9.17) is 9.85 Å². The number of imide groups is 1. The quantitative estimate of drug-likeness (QED) is 0.587. The van der Waals surface area contributed by atoms with E-state index in [-0.39, 0.29) is 29.4 Å². The molecular formula is C15H16N4O3. The number of carbonyl (C=O) groups excluding carboxylic acids is 2. The Hall–Kier alpha value is -2.70. The number of anilines is 1. The Morgan fingerprint density at radius 2 is 2.18 bits per heavy atom. The molecule has 1 aliphatic rings. The van der Waals surface area contributed by atoms with Crippen LogP contribution in [0.5, 0.6) is 0 Å². The summed E-state index contributed by atoms with van der Waals surface area (Å²) in [7, 11) is 0. The van der Waals surface area contributed by atoms with Crippen molar-refractivity contribution in [2.45, 2.75) is 32.2 Å². The van der Waals surface area contributed by atoms with Gasteiger partial charge in [0.15, 0.2) is 0 Å². The maximum Gasteiger partial charge on any atom is 0.264 e. The number of nitrogens with one attached hydrogen (secondary N) is 1. The lowest BCUT2D eigenvalue weighted by Crippen LogP contribution is -2.56. The van der Waals surface area contributed by atoms with E-state index in [2.05, 4.69) is 10.3 Å². The van der Waals surface area contributed by atoms with E-state index in [0.717, 1.165) is 4.57 Å². The van der Waals surface area contributed by atoms with Gasteiger partial charge in [0, 0.05) is 16.2 Å². The Bertz CT molecular complexity index is 967. The first-order valence-electron chi connectivity index (χ1n) is 8.22. The number of hydrogen-bond donors (Lipinski definition) is 2. The summed E-state index contributed by atoms with van der Waals surface area (Å²) < 4.78 is 24.1. The van der Waals surface area contributed by atoms with Gasteiger partial charge in [-0.05, 0) is 32.3 Å². The van der Waals surface area contributed by atoms with Crippen LogP contribution in [0.2, 0.25) is 0 Å². The molecule has 7 heteroatoms. The van der Waals surface area contributed by atoms with Crippen LogP contribution >= 0.6 is 0 Å². The van der Waals surface area contributed by atoms with Crippen molar-refractivity contribution < 1.29 is 13.7 Å². The van der Waals surface area contributed by atoms with Crippen molar-refractivity contribution >= 4 is 28.4 Å². The third kappa shape index (κ3) is 1.89. The minimum atomic E-state index is -2.73. The highest BCUT2D eigenvalue weighted by Crippen LogP contribution is 2.27. The first-order valence-corrected chi connectivity index (χ1v) is 6.72. The number of nitrogen functional groups attached to an aromatic ring is 1. The molecule has 1 aliphatic heterocycles. The average Bonchev–Trinajstić information content (AvgIpc) is 2.50. The molecule has 1 aromatic heterocycles. The van der Waals surface area contributed by atoms with Crippen molar-refractivity contribution in [1.82, 2.24) is 14.9 Å². The van der Waals surface area contributed by atoms with Crippen LogP contribution in [-0.4, -0.2) is 21.4 Å². The average molecular weight is 303 g/mol. The van der Waals surface area contributed by atoms with Gasteiger partial charge < -0.3 is 5.73 Å². The molecule has 1 saturated heterocycles. The number of aryl methyl sites for hydroxylation is 1. The molecule has 0 unspecified atom stereocenters. The SMILES string of the molecule is [2H]C([2H])([2H])c1nc2cccc(N)c2c(=O)n1[C@@]1(C)CCC(=O)NC1=O. The van der Waals surface area contributed by atoms with Crippen LogP contribution in [0.3, 0.4) is 0 Å². The largest absolute Gasteiger partial charge is 0.398 e. The number of benzene rings is 1. The van der Waals surface area contributed by atoms with Crippen LogP contribution in [0.4, 0.5) is 5.69 Å². The van der Waals surface area contributed by atoms with E-state index >= 15 is 0 Å². The zero-order chi connectivity index (χ0) is 18.6. The Labute approximate surface area is 130 Å². The van der Waals surface area contributed by atoms with Gasteiger partial charge in [0.25, 0.3) is 11.5 Å². The number of piperidine rings is 1. The van der Waals surface area contributed by atoms with Crippen LogP contribution < -0.4 is 16.6 Å². The topological polar surface area (TPSA) is 107 Å². The lowest BCUT2D eigenvalue weighted by atomic mass is 9.90. The van der Waals surface area contributed by atoms with E-state index < -0.39 is 35.6 Å². The molecular weight excluding hydrogens is 284 g/mol. The lowest BCUT2D eigenvalue weighted by Gasteiger charge is -2.34. The number of nitrogens with two attached hydrogens (primary N) is 1. The van der Waals surface area contributed by atoms with Crippen molar-refractivity contribution in [3.8, 4) is 0 Å². The molecule has 1 aromatic carbocycles. The number of nitrogens with zero attached hydrogens (tertiary/aromatic N) is 2. The highest BCUT2D eigenvalue weighted by molar-refractivity contribution is 6.01. The Morgan fingerprint density at radius 3 is 2.86 bits per heavy atom. The molecule has 0 aliphatic carbocycles. The Morgan fingerprint density at radius 1 is 1.41 bits per heavy atom. The molecule has 2 heterocycles. The fourth-order valence-corrected chi connectivity index (χ4v) is 2.72. The summed E-state index contributed by atoms with van der Waals surface area (Å²) in [6.07, 6.45) is -0.0298. The number of hydrogen-bond acceptors (Lipinski definition) is 5. The first kappa shape index (κ1) is 10.9. The first-order chi connectivity index (χ1) is 11.6. The molecule has 0 spiro atoms. The molecule has 114 valence electrons. The normalized spacial score (nSPS) is 24.5. The molecule has 3 N–H and O–H groups in total. The zero-order valence-corrected chi connectivity index (χ0v) is 11.8. The third-order valence-electron chi connectivity index (χ3n) is 4.00. The molecule has 2 amide bonds. The van der Waals surface area contributed by atoms with Gasteiger partial charge >= 0.3 is 0 Å². The second kappa shape index (κ2) is 4.66. The number of aromatic nitrogens is 2. The predicted octanol–water partition coefficient (Wildman–Crippen LogP) is 0.439. The summed E-state index contributed by atoms with van der Waals surface area (Å²) >= 11 is 0. The monoisotopic (exact) mass is 303 g/mol. The fraction of sp³-hybridized carbons (Fsp3) is 0.333. The molecule has 22 heavy (non-hydrogen) atoms. The van der Waals surface area contributed by atoms with Gasteiger partial charge in [-0.3, -0.25) is 24.3 Å². The van der Waals surface area contributed by atoms with Crippen molar-refractivity contribution in [3.05, 3.63) is 34.4 Å². The molecule has 7 nitrogen and oxygen atoms in total. The van der Waals surface area contributed by atoms with E-state index in [9.17, 15) is 14.4 Å². The second-order valence-corrected chi connectivity index (χ2v) is 5.47.